The monoisotopic (exact) mass is 1170 g/mol. The van der Waals surface area contributed by atoms with E-state index < -0.39 is 0 Å². The van der Waals surface area contributed by atoms with Crippen molar-refractivity contribution < 1.29 is 0 Å². The molecule has 4 aromatic heterocycles. The lowest BCUT2D eigenvalue weighted by atomic mass is 9.86. The van der Waals surface area contributed by atoms with Crippen LogP contribution in [0.25, 0.3) is 32.3 Å². The lowest BCUT2D eigenvalue weighted by molar-refractivity contribution is 0.590. The van der Waals surface area contributed by atoms with Crippen molar-refractivity contribution in [1.29, 1.82) is 0 Å². The summed E-state index contributed by atoms with van der Waals surface area (Å²) >= 11 is 7.23. The van der Waals surface area contributed by atoms with Gasteiger partial charge in [-0.05, 0) is 200 Å². The van der Waals surface area contributed by atoms with Crippen LogP contribution >= 0.6 is 45.3 Å². The molecule has 0 unspecified atom stereocenters. The van der Waals surface area contributed by atoms with E-state index >= 15 is 0 Å². The van der Waals surface area contributed by atoms with Crippen LogP contribution in [0.5, 0.6) is 0 Å². The molecule has 0 aliphatic carbocycles. The van der Waals surface area contributed by atoms with E-state index in [1.165, 1.54) is 96.8 Å². The number of aryl methyl sites for hydroxylation is 4. The Bertz CT molecular complexity index is 3780. The van der Waals surface area contributed by atoms with Crippen LogP contribution in [0.1, 0.15) is 128 Å². The molecule has 4 heterocycles. The van der Waals surface area contributed by atoms with Crippen molar-refractivity contribution in [3.63, 3.8) is 0 Å². The van der Waals surface area contributed by atoms with E-state index in [-0.39, 0.29) is 21.7 Å². The standard InChI is InChI=1S/C76H78N4S4/c1-47-37-41-81-69(47)77(55-25-17-51(18-26-55)73(5,6)7)63-45-64(78(70-48(2)38-42-82-70)56-27-19-52(20-28-56)74(8,9)10)60-35-36-62-66(80(72-50(4)40-44-84-72)58-31-23-54(24-32-58)76(14,15)16)46-65(61-34-33-59(63)67(60)68(61)62)79(71-49(3)39-43-83-71)57-29-21-53(22-30-57)75(11,12)13/h17-46H,1-16H3. The van der Waals surface area contributed by atoms with Crippen molar-refractivity contribution in [2.24, 2.45) is 0 Å². The average molecular weight is 1180 g/mol. The van der Waals surface area contributed by atoms with Gasteiger partial charge in [-0.25, -0.2) is 0 Å². The van der Waals surface area contributed by atoms with Gasteiger partial charge in [0, 0.05) is 55.1 Å². The first-order valence-corrected chi connectivity index (χ1v) is 33.0. The van der Waals surface area contributed by atoms with E-state index in [0.717, 1.165) is 45.5 Å². The van der Waals surface area contributed by atoms with Crippen LogP contribution in [-0.4, -0.2) is 0 Å². The molecule has 12 rings (SSSR count). The van der Waals surface area contributed by atoms with Gasteiger partial charge in [0.2, 0.25) is 0 Å². The molecule has 0 aliphatic heterocycles. The van der Waals surface area contributed by atoms with Gasteiger partial charge in [-0.2, -0.15) is 0 Å². The third-order valence-corrected chi connectivity index (χ3v) is 20.9. The number of hydrogen-bond acceptors (Lipinski definition) is 8. The van der Waals surface area contributed by atoms with Crippen LogP contribution in [-0.2, 0) is 21.7 Å². The highest BCUT2D eigenvalue weighted by molar-refractivity contribution is 7.15. The van der Waals surface area contributed by atoms with Gasteiger partial charge >= 0.3 is 0 Å². The highest BCUT2D eigenvalue weighted by Gasteiger charge is 2.32. The summed E-state index contributed by atoms with van der Waals surface area (Å²) in [6, 6.07) is 61.3. The molecule has 84 heavy (non-hydrogen) atoms. The molecule has 0 amide bonds. The van der Waals surface area contributed by atoms with Crippen molar-refractivity contribution >= 4 is 143 Å². The Morgan fingerprint density at radius 3 is 0.595 bits per heavy atom. The van der Waals surface area contributed by atoms with Crippen LogP contribution in [0, 0.1) is 27.7 Å². The summed E-state index contributed by atoms with van der Waals surface area (Å²) in [5, 5.41) is 21.0. The molecule has 4 nitrogen and oxygen atoms in total. The van der Waals surface area contributed by atoms with Crippen LogP contribution in [0.2, 0.25) is 0 Å². The molecule has 0 radical (unpaired) electrons. The van der Waals surface area contributed by atoms with Gasteiger partial charge in [-0.15, -0.1) is 45.3 Å². The van der Waals surface area contributed by atoms with Gasteiger partial charge in [0.1, 0.15) is 20.0 Å². The van der Waals surface area contributed by atoms with E-state index in [9.17, 15) is 0 Å². The maximum absolute atomic E-state index is 2.56. The number of hydrogen-bond donors (Lipinski definition) is 0. The number of thiophene rings is 4. The highest BCUT2D eigenvalue weighted by atomic mass is 32.1. The quantitative estimate of drug-likeness (QED) is 0.113. The molecule has 0 N–H and O–H groups in total. The minimum absolute atomic E-state index is 0.00622. The molecule has 0 saturated carbocycles. The van der Waals surface area contributed by atoms with E-state index in [4.69, 9.17) is 0 Å². The Hall–Kier alpha value is -7.20. The molecule has 0 bridgehead atoms. The Labute approximate surface area is 515 Å². The number of anilines is 12. The molecule has 426 valence electrons. The van der Waals surface area contributed by atoms with Crippen molar-refractivity contribution in [1.82, 2.24) is 0 Å². The summed E-state index contributed by atoms with van der Waals surface area (Å²) < 4.78 is 0. The number of rotatable bonds is 12. The van der Waals surface area contributed by atoms with Gasteiger partial charge in [0.25, 0.3) is 0 Å². The second-order valence-electron chi connectivity index (χ2n) is 27.1. The predicted molar refractivity (Wildman–Crippen MR) is 374 cm³/mol. The summed E-state index contributed by atoms with van der Waals surface area (Å²) in [5.74, 6) is 0. The molecular formula is C76H78N4S4. The first-order valence-electron chi connectivity index (χ1n) is 29.4. The van der Waals surface area contributed by atoms with Crippen molar-refractivity contribution in [2.45, 2.75) is 132 Å². The summed E-state index contributed by atoms with van der Waals surface area (Å²) in [5.41, 5.74) is 19.2. The van der Waals surface area contributed by atoms with Crippen molar-refractivity contribution in [3.05, 3.63) is 224 Å². The highest BCUT2D eigenvalue weighted by Crippen LogP contribution is 2.57. The zero-order valence-corrected chi connectivity index (χ0v) is 55.0. The third kappa shape index (κ3) is 10.3. The second-order valence-corrected chi connectivity index (χ2v) is 30.6. The van der Waals surface area contributed by atoms with Crippen molar-refractivity contribution in [3.8, 4) is 0 Å². The fraction of sp³-hybridized carbons (Fsp3) is 0.263. The van der Waals surface area contributed by atoms with Crippen molar-refractivity contribution in [2.75, 3.05) is 19.6 Å². The zero-order chi connectivity index (χ0) is 59.4. The number of nitrogens with zero attached hydrogens (tertiary/aromatic N) is 4. The minimum Gasteiger partial charge on any atom is -0.301 e. The summed E-state index contributed by atoms with van der Waals surface area (Å²) in [6.45, 7) is 36.7. The Morgan fingerprint density at radius 2 is 0.440 bits per heavy atom. The average Bonchev–Trinajstić information content (AvgIpc) is 0.929. The van der Waals surface area contributed by atoms with E-state index in [2.05, 4.69) is 310 Å². The van der Waals surface area contributed by atoms with Gasteiger partial charge < -0.3 is 19.6 Å². The maximum Gasteiger partial charge on any atom is 0.103 e. The molecule has 0 spiro atoms. The first-order chi connectivity index (χ1) is 39.9. The summed E-state index contributed by atoms with van der Waals surface area (Å²) in [7, 11) is 0. The summed E-state index contributed by atoms with van der Waals surface area (Å²) in [4.78, 5) is 10.2. The van der Waals surface area contributed by atoms with Crippen LogP contribution in [0.3, 0.4) is 0 Å². The fourth-order valence-corrected chi connectivity index (χ4v) is 15.8. The third-order valence-electron chi connectivity index (χ3n) is 16.9. The Balaban J connectivity index is 1.27. The maximum atomic E-state index is 2.56. The fourth-order valence-electron chi connectivity index (χ4n) is 11.9. The smallest absolute Gasteiger partial charge is 0.103 e. The topological polar surface area (TPSA) is 13.0 Å². The van der Waals surface area contributed by atoms with E-state index in [1.807, 2.05) is 0 Å². The van der Waals surface area contributed by atoms with Gasteiger partial charge in [-0.1, -0.05) is 156 Å². The molecule has 0 atom stereocenters. The second kappa shape index (κ2) is 21.4. The van der Waals surface area contributed by atoms with E-state index in [0.29, 0.717) is 0 Å². The first kappa shape index (κ1) is 57.2. The predicted octanol–water partition coefficient (Wildman–Crippen LogP) is 25.1. The molecule has 8 heteroatoms. The molecule has 0 fully saturated rings. The Kier molecular flexibility index (Phi) is 14.6. The lowest BCUT2D eigenvalue weighted by Gasteiger charge is -2.34. The SMILES string of the molecule is Cc1ccsc1N(c1ccc(C(C)(C)C)cc1)c1cc(N(c2ccc(C(C)(C)C)cc2)c2sccc2C)c2ccc3c(N(c4ccc(C(C)(C)C)cc4)c4sccc4C)cc(N(c4ccc(C(C)(C)C)cc4)c4sccc4C)c4ccc1c2c43. The normalized spacial score (nSPS) is 12.5. The molecule has 8 aromatic carbocycles. The van der Waals surface area contributed by atoms with E-state index in [1.54, 1.807) is 45.3 Å². The Morgan fingerprint density at radius 1 is 0.250 bits per heavy atom. The molecule has 12 aromatic rings. The molecule has 0 aliphatic rings. The van der Waals surface area contributed by atoms with Crippen LogP contribution in [0.15, 0.2) is 179 Å². The minimum atomic E-state index is -0.00622. The number of benzene rings is 8. The molecule has 0 saturated heterocycles. The van der Waals surface area contributed by atoms with Gasteiger partial charge in [0.05, 0.1) is 22.7 Å². The zero-order valence-electron chi connectivity index (χ0n) is 51.7. The largest absolute Gasteiger partial charge is 0.301 e. The van der Waals surface area contributed by atoms with Gasteiger partial charge in [0.15, 0.2) is 0 Å². The van der Waals surface area contributed by atoms with Crippen LogP contribution < -0.4 is 19.6 Å². The lowest BCUT2D eigenvalue weighted by Crippen LogP contribution is -2.17. The summed E-state index contributed by atoms with van der Waals surface area (Å²) in [6.07, 6.45) is 0. The molecular weight excluding hydrogens is 1100 g/mol. The van der Waals surface area contributed by atoms with Gasteiger partial charge in [-0.3, -0.25) is 0 Å². The van der Waals surface area contributed by atoms with Crippen LogP contribution in [0.4, 0.5) is 65.5 Å².